The number of carbonyl (C=O) groups is 8. The molecule has 0 bridgehead atoms. The minimum atomic E-state index is -4.08. The van der Waals surface area contributed by atoms with E-state index in [-0.39, 0.29) is 0 Å². The van der Waals surface area contributed by atoms with E-state index in [0.717, 1.165) is 0 Å². The molecule has 0 aliphatic carbocycles. The standard InChI is InChI=1S/C66H50O43/c67-26-1-18(2-27(68)42(26)83)55(91)99-17-66(54(104-60(96)23-11-36(77)47(88)37(78)12-23)53(103-59(95)22-9-34(75)46(87)35(76)10-22)65(109-66)106-62(98)25-15-40(81)49(90)41(82)16-25)108-64-52(102-58(94)21-7-32(73)45(86)33(74)8-21)50(100-56(92)19-3-28(69)43(84)29(70)4-19)51(101-57(93)20-5-30(71)44(85)31(72)6-20)63(107-64)105-61(97)24-13-38(79)48(89)39(80)14-24/h1-16,50-54,63-65,67-90H,17H2/t50-,51-,52+,53-,54-,63-,64?,65-,66+/m0/s1. The molecule has 0 radical (unpaired) electrons. The van der Waals surface area contributed by atoms with Crippen LogP contribution in [0.25, 0.3) is 0 Å². The van der Waals surface area contributed by atoms with E-state index < -0.39 is 292 Å². The fraction of sp³-hybridized carbons (Fsp3) is 0.152. The molecular formula is C66H50O43. The molecule has 109 heavy (non-hydrogen) atoms. The van der Waals surface area contributed by atoms with Crippen LogP contribution in [0.2, 0.25) is 0 Å². The number of ether oxygens (including phenoxy) is 11. The summed E-state index contributed by atoms with van der Waals surface area (Å²) in [7, 11) is 0. The second-order valence-electron chi connectivity index (χ2n) is 22.9. The van der Waals surface area contributed by atoms with E-state index >= 15 is 0 Å². The summed E-state index contributed by atoms with van der Waals surface area (Å²) in [5, 5.41) is 252. The highest BCUT2D eigenvalue weighted by atomic mass is 16.9. The summed E-state index contributed by atoms with van der Waals surface area (Å²) in [6.45, 7) is -2.12. The Morgan fingerprint density at radius 2 is 0.450 bits per heavy atom. The van der Waals surface area contributed by atoms with Gasteiger partial charge in [0.05, 0.1) is 44.5 Å². The molecule has 43 heteroatoms. The first-order valence-electron chi connectivity index (χ1n) is 29.8. The van der Waals surface area contributed by atoms with Crippen LogP contribution in [0, 0.1) is 0 Å². The molecule has 2 heterocycles. The number of aromatic hydroxyl groups is 24. The number of rotatable bonds is 19. The van der Waals surface area contributed by atoms with Gasteiger partial charge in [-0.05, 0) is 97.1 Å². The van der Waals surface area contributed by atoms with E-state index in [0.29, 0.717) is 97.1 Å². The molecule has 10 rings (SSSR count). The first kappa shape index (κ1) is 76.2. The van der Waals surface area contributed by atoms with Crippen molar-refractivity contribution in [2.45, 2.75) is 55.2 Å². The molecule has 0 aromatic heterocycles. The molecule has 572 valence electrons. The lowest BCUT2D eigenvalue weighted by Gasteiger charge is -2.46. The van der Waals surface area contributed by atoms with Gasteiger partial charge in [0.1, 0.15) is 6.61 Å². The molecule has 24 N–H and O–H groups in total. The Morgan fingerprint density at radius 3 is 0.716 bits per heavy atom. The van der Waals surface area contributed by atoms with Crippen molar-refractivity contribution >= 4 is 47.8 Å². The molecule has 0 saturated carbocycles. The maximum absolute atomic E-state index is 15.0. The fourth-order valence-electron chi connectivity index (χ4n) is 10.2. The lowest BCUT2D eigenvalue weighted by Crippen LogP contribution is -2.65. The topological polar surface area (TPSA) is 724 Å². The van der Waals surface area contributed by atoms with Crippen LogP contribution < -0.4 is 0 Å². The summed E-state index contributed by atoms with van der Waals surface area (Å²) in [5.74, 6) is -52.0. The number of esters is 8. The lowest BCUT2D eigenvalue weighted by molar-refractivity contribution is -0.402. The summed E-state index contributed by atoms with van der Waals surface area (Å²) in [6, 6.07) is 5.59. The zero-order valence-corrected chi connectivity index (χ0v) is 53.6. The maximum atomic E-state index is 15.0. The van der Waals surface area contributed by atoms with Crippen LogP contribution in [-0.2, 0) is 52.1 Å². The summed E-state index contributed by atoms with van der Waals surface area (Å²) >= 11 is 0. The van der Waals surface area contributed by atoms with Crippen molar-refractivity contribution in [1.82, 2.24) is 0 Å². The van der Waals surface area contributed by atoms with E-state index in [4.69, 9.17) is 52.1 Å². The van der Waals surface area contributed by atoms with Gasteiger partial charge in [-0.3, -0.25) is 4.74 Å². The molecule has 0 spiro atoms. The summed E-state index contributed by atoms with van der Waals surface area (Å²) in [5.41, 5.74) is -8.83. The summed E-state index contributed by atoms with van der Waals surface area (Å²) in [4.78, 5) is 118. The van der Waals surface area contributed by atoms with E-state index in [1.54, 1.807) is 0 Å². The van der Waals surface area contributed by atoms with Gasteiger partial charge in [0.2, 0.25) is 37.2 Å². The van der Waals surface area contributed by atoms with Crippen LogP contribution in [0.1, 0.15) is 82.9 Å². The van der Waals surface area contributed by atoms with Crippen molar-refractivity contribution in [1.29, 1.82) is 0 Å². The first-order chi connectivity index (χ1) is 51.1. The van der Waals surface area contributed by atoms with Crippen LogP contribution in [0.4, 0.5) is 0 Å². The summed E-state index contributed by atoms with van der Waals surface area (Å²) < 4.78 is 64.2. The SMILES string of the molecule is O=C(OC[C@@]1(OC2O[C@H](OC(=O)c3cc(O)c(O)c(O)c3)[C@@H](OC(=O)c3cc(O)c(O)c(O)c3)[C@H](OC(=O)c3cc(O)c(O)c(O)c3)[C@H]2OC(=O)c2cc(O)c(O)c(O)c2)O[C@H](OC(=O)c2cc(O)c(O)c(O)c2)[C@@H](OC(=O)c2cc(O)c(O)c(O)c2)[C@@H]1OC(=O)c1cc(O)c(O)c(O)c1)c1cc(O)c(O)c(O)c1. The number of benzene rings is 8. The third-order valence-electron chi connectivity index (χ3n) is 15.6. The van der Waals surface area contributed by atoms with Gasteiger partial charge in [0.15, 0.2) is 150 Å². The second kappa shape index (κ2) is 29.4. The monoisotopic (exact) mass is 1530 g/mol. The molecule has 9 atom stereocenters. The van der Waals surface area contributed by atoms with Crippen molar-refractivity contribution in [3.8, 4) is 138 Å². The molecule has 2 aliphatic rings. The van der Waals surface area contributed by atoms with Crippen molar-refractivity contribution in [2.24, 2.45) is 0 Å². The van der Waals surface area contributed by atoms with Crippen molar-refractivity contribution in [3.63, 3.8) is 0 Å². The van der Waals surface area contributed by atoms with Crippen LogP contribution in [0.5, 0.6) is 138 Å². The zero-order valence-electron chi connectivity index (χ0n) is 53.6. The van der Waals surface area contributed by atoms with Crippen molar-refractivity contribution < 1.29 is 213 Å². The number of phenols is 24. The van der Waals surface area contributed by atoms with Gasteiger partial charge < -0.3 is 170 Å². The largest absolute Gasteiger partial charge is 0.504 e. The van der Waals surface area contributed by atoms with E-state index in [2.05, 4.69) is 0 Å². The third kappa shape index (κ3) is 15.3. The highest BCUT2D eigenvalue weighted by Crippen LogP contribution is 2.48. The number of hydrogen-bond acceptors (Lipinski definition) is 43. The van der Waals surface area contributed by atoms with Crippen molar-refractivity contribution in [2.75, 3.05) is 6.61 Å². The summed E-state index contributed by atoms with van der Waals surface area (Å²) in [6.07, 6.45) is -25.7. The molecule has 1 unspecified atom stereocenters. The second-order valence-corrected chi connectivity index (χ2v) is 22.9. The highest BCUT2D eigenvalue weighted by molar-refractivity contribution is 5.96. The van der Waals surface area contributed by atoms with Gasteiger partial charge in [-0.25, -0.2) is 38.4 Å². The molecule has 8 aromatic carbocycles. The van der Waals surface area contributed by atoms with Crippen LogP contribution in [0.15, 0.2) is 97.1 Å². The quantitative estimate of drug-likeness (QED) is 0.0314. The lowest BCUT2D eigenvalue weighted by atomic mass is 10.0. The molecule has 2 saturated heterocycles. The highest BCUT2D eigenvalue weighted by Gasteiger charge is 2.67. The predicted molar refractivity (Wildman–Crippen MR) is 336 cm³/mol. The van der Waals surface area contributed by atoms with Gasteiger partial charge in [-0.2, -0.15) is 0 Å². The Hall–Kier alpha value is -15.4. The average Bonchev–Trinajstić information content (AvgIpc) is 1.64. The van der Waals surface area contributed by atoms with E-state index in [1.165, 1.54) is 0 Å². The number of phenolic OH excluding ortho intramolecular Hbond substituents is 24. The zero-order chi connectivity index (χ0) is 80.0. The van der Waals surface area contributed by atoms with Crippen LogP contribution in [0.3, 0.4) is 0 Å². The molecular weight excluding hydrogens is 1480 g/mol. The first-order valence-corrected chi connectivity index (χ1v) is 29.8. The normalized spacial score (nSPS) is 19.3. The molecule has 2 fully saturated rings. The minimum Gasteiger partial charge on any atom is -0.504 e. The Morgan fingerprint density at radius 1 is 0.248 bits per heavy atom. The van der Waals surface area contributed by atoms with Crippen LogP contribution in [-0.4, -0.2) is 232 Å². The molecule has 43 nitrogen and oxygen atoms in total. The van der Waals surface area contributed by atoms with Crippen molar-refractivity contribution in [3.05, 3.63) is 142 Å². The Labute approximate surface area is 600 Å². The average molecular weight is 1530 g/mol. The molecule has 0 amide bonds. The molecule has 8 aromatic rings. The minimum absolute atomic E-state index is 0.321. The van der Waals surface area contributed by atoms with Gasteiger partial charge in [0, 0.05) is 0 Å². The van der Waals surface area contributed by atoms with Crippen LogP contribution >= 0.6 is 0 Å². The smallest absolute Gasteiger partial charge is 0.340 e. The molecule has 2 aliphatic heterocycles. The Bertz CT molecular complexity index is 4900. The Kier molecular flexibility index (Phi) is 20.6. The fourth-order valence-corrected chi connectivity index (χ4v) is 10.2. The number of hydrogen-bond donors (Lipinski definition) is 24. The van der Waals surface area contributed by atoms with Gasteiger partial charge in [-0.15, -0.1) is 0 Å². The predicted octanol–water partition coefficient (Wildman–Crippen LogP) is 2.37. The van der Waals surface area contributed by atoms with Gasteiger partial charge >= 0.3 is 47.8 Å². The number of carbonyl (C=O) groups excluding carboxylic acids is 8. The van der Waals surface area contributed by atoms with Gasteiger partial charge in [-0.1, -0.05) is 0 Å². The van der Waals surface area contributed by atoms with Gasteiger partial charge in [0.25, 0.3) is 5.79 Å². The Balaban J connectivity index is 1.28. The third-order valence-corrected chi connectivity index (χ3v) is 15.6. The van der Waals surface area contributed by atoms with E-state index in [1.807, 2.05) is 0 Å². The maximum Gasteiger partial charge on any atom is 0.340 e. The van der Waals surface area contributed by atoms with E-state index in [9.17, 15) is 161 Å².